The molecule has 6 heteroatoms. The van der Waals surface area contributed by atoms with Crippen molar-refractivity contribution in [3.05, 3.63) is 32.7 Å². The van der Waals surface area contributed by atoms with Gasteiger partial charge in [-0.1, -0.05) is 6.92 Å². The summed E-state index contributed by atoms with van der Waals surface area (Å²) in [5, 5.41) is 2.08. The molecule has 0 saturated heterocycles. The van der Waals surface area contributed by atoms with Crippen LogP contribution in [0.4, 0.5) is 11.6 Å². The predicted octanol–water partition coefficient (Wildman–Crippen LogP) is 3.08. The zero-order valence-corrected chi connectivity index (χ0v) is 12.8. The van der Waals surface area contributed by atoms with Crippen molar-refractivity contribution in [3.8, 4) is 0 Å². The SMILES string of the molecule is CCc1c(N)ncnc1N(C)Cc1cc(Br)cs1. The Morgan fingerprint density at radius 1 is 1.44 bits per heavy atom. The molecule has 0 atom stereocenters. The highest BCUT2D eigenvalue weighted by Gasteiger charge is 2.12. The van der Waals surface area contributed by atoms with E-state index in [1.807, 2.05) is 7.05 Å². The average molecular weight is 327 g/mol. The average Bonchev–Trinajstić information content (AvgIpc) is 2.74. The summed E-state index contributed by atoms with van der Waals surface area (Å²) in [4.78, 5) is 11.8. The third-order valence-electron chi connectivity index (χ3n) is 2.69. The molecule has 2 rings (SSSR count). The Bertz CT molecular complexity index is 541. The summed E-state index contributed by atoms with van der Waals surface area (Å²) in [6.07, 6.45) is 2.35. The molecule has 96 valence electrons. The summed E-state index contributed by atoms with van der Waals surface area (Å²) < 4.78 is 1.12. The fourth-order valence-electron chi connectivity index (χ4n) is 1.83. The van der Waals surface area contributed by atoms with E-state index < -0.39 is 0 Å². The molecule has 0 aliphatic rings. The van der Waals surface area contributed by atoms with Gasteiger partial charge in [0.05, 0.1) is 6.54 Å². The van der Waals surface area contributed by atoms with Crippen molar-refractivity contribution in [1.29, 1.82) is 0 Å². The van der Waals surface area contributed by atoms with Crippen LogP contribution in [-0.4, -0.2) is 17.0 Å². The number of aromatic nitrogens is 2. The van der Waals surface area contributed by atoms with Crippen molar-refractivity contribution in [2.24, 2.45) is 0 Å². The first-order valence-corrected chi connectivity index (χ1v) is 7.32. The number of hydrogen-bond acceptors (Lipinski definition) is 5. The molecule has 0 fully saturated rings. The Morgan fingerprint density at radius 3 is 2.83 bits per heavy atom. The third kappa shape index (κ3) is 2.81. The van der Waals surface area contributed by atoms with Gasteiger partial charge in [0, 0.05) is 27.3 Å². The van der Waals surface area contributed by atoms with Gasteiger partial charge in [-0.05, 0) is 28.4 Å². The lowest BCUT2D eigenvalue weighted by Gasteiger charge is -2.20. The van der Waals surface area contributed by atoms with Crippen LogP contribution in [-0.2, 0) is 13.0 Å². The minimum absolute atomic E-state index is 0.571. The van der Waals surface area contributed by atoms with Crippen molar-refractivity contribution in [1.82, 2.24) is 9.97 Å². The highest BCUT2D eigenvalue weighted by Crippen LogP contribution is 2.25. The second-order valence-electron chi connectivity index (χ2n) is 4.00. The first kappa shape index (κ1) is 13.3. The predicted molar refractivity (Wildman–Crippen MR) is 79.9 cm³/mol. The number of nitrogens with zero attached hydrogens (tertiary/aromatic N) is 3. The van der Waals surface area contributed by atoms with Crippen LogP contribution in [0.1, 0.15) is 17.4 Å². The monoisotopic (exact) mass is 326 g/mol. The molecule has 4 nitrogen and oxygen atoms in total. The maximum absolute atomic E-state index is 5.88. The van der Waals surface area contributed by atoms with Gasteiger partial charge in [0.25, 0.3) is 0 Å². The number of hydrogen-bond donors (Lipinski definition) is 1. The van der Waals surface area contributed by atoms with Gasteiger partial charge in [0.15, 0.2) is 0 Å². The maximum Gasteiger partial charge on any atom is 0.137 e. The van der Waals surface area contributed by atoms with Crippen molar-refractivity contribution in [2.75, 3.05) is 17.7 Å². The van der Waals surface area contributed by atoms with E-state index in [9.17, 15) is 0 Å². The molecule has 18 heavy (non-hydrogen) atoms. The van der Waals surface area contributed by atoms with Gasteiger partial charge in [0.1, 0.15) is 18.0 Å². The minimum Gasteiger partial charge on any atom is -0.383 e. The highest BCUT2D eigenvalue weighted by atomic mass is 79.9. The van der Waals surface area contributed by atoms with E-state index in [4.69, 9.17) is 5.73 Å². The molecule has 2 aromatic heterocycles. The van der Waals surface area contributed by atoms with Gasteiger partial charge in [-0.3, -0.25) is 0 Å². The molecule has 0 aliphatic carbocycles. The lowest BCUT2D eigenvalue weighted by molar-refractivity contribution is 0.883. The summed E-state index contributed by atoms with van der Waals surface area (Å²) in [5.41, 5.74) is 6.89. The first-order chi connectivity index (χ1) is 8.61. The summed E-state index contributed by atoms with van der Waals surface area (Å²) in [6, 6.07) is 2.12. The molecule has 0 spiro atoms. The number of nitrogen functional groups attached to an aromatic ring is 1. The van der Waals surface area contributed by atoms with Gasteiger partial charge >= 0.3 is 0 Å². The summed E-state index contributed by atoms with van der Waals surface area (Å²) >= 11 is 5.19. The Kier molecular flexibility index (Phi) is 4.19. The Labute approximate surface area is 119 Å². The fourth-order valence-corrected chi connectivity index (χ4v) is 3.33. The topological polar surface area (TPSA) is 55.0 Å². The van der Waals surface area contributed by atoms with Gasteiger partial charge < -0.3 is 10.6 Å². The van der Waals surface area contributed by atoms with Crippen LogP contribution < -0.4 is 10.6 Å². The van der Waals surface area contributed by atoms with E-state index >= 15 is 0 Å². The number of nitrogens with two attached hydrogens (primary N) is 1. The number of anilines is 2. The van der Waals surface area contributed by atoms with E-state index in [2.05, 4.69) is 49.2 Å². The van der Waals surface area contributed by atoms with E-state index in [-0.39, 0.29) is 0 Å². The molecule has 2 aromatic rings. The van der Waals surface area contributed by atoms with Gasteiger partial charge in [-0.15, -0.1) is 11.3 Å². The van der Waals surface area contributed by atoms with Crippen LogP contribution in [0.15, 0.2) is 22.2 Å². The second kappa shape index (κ2) is 5.67. The molecule has 2 N–H and O–H groups in total. The lowest BCUT2D eigenvalue weighted by atomic mass is 10.2. The zero-order valence-electron chi connectivity index (χ0n) is 10.4. The first-order valence-electron chi connectivity index (χ1n) is 5.65. The Morgan fingerprint density at radius 2 is 2.22 bits per heavy atom. The number of halogens is 1. The Balaban J connectivity index is 2.23. The van der Waals surface area contributed by atoms with E-state index in [0.29, 0.717) is 5.82 Å². The summed E-state index contributed by atoms with van der Waals surface area (Å²) in [7, 11) is 2.02. The molecular formula is C12H15BrN4S. The second-order valence-corrected chi connectivity index (χ2v) is 5.91. The van der Waals surface area contributed by atoms with Gasteiger partial charge in [-0.2, -0.15) is 0 Å². The fraction of sp³-hybridized carbons (Fsp3) is 0.333. The number of rotatable bonds is 4. The largest absolute Gasteiger partial charge is 0.383 e. The molecular weight excluding hydrogens is 312 g/mol. The highest BCUT2D eigenvalue weighted by molar-refractivity contribution is 9.10. The van der Waals surface area contributed by atoms with Crippen LogP contribution in [0, 0.1) is 0 Å². The van der Waals surface area contributed by atoms with Crippen molar-refractivity contribution in [3.63, 3.8) is 0 Å². The van der Waals surface area contributed by atoms with E-state index in [0.717, 1.165) is 28.8 Å². The normalized spacial score (nSPS) is 10.6. The molecule has 0 amide bonds. The molecule has 0 aromatic carbocycles. The van der Waals surface area contributed by atoms with Crippen LogP contribution in [0.3, 0.4) is 0 Å². The quantitative estimate of drug-likeness (QED) is 0.938. The number of thiophene rings is 1. The molecule has 0 aliphatic heterocycles. The lowest BCUT2D eigenvalue weighted by Crippen LogP contribution is -2.19. The molecule has 0 unspecified atom stereocenters. The molecule has 0 radical (unpaired) electrons. The third-order valence-corrected chi connectivity index (χ3v) is 4.37. The summed E-state index contributed by atoms with van der Waals surface area (Å²) in [5.74, 6) is 1.48. The van der Waals surface area contributed by atoms with Crippen LogP contribution >= 0.6 is 27.3 Å². The smallest absolute Gasteiger partial charge is 0.137 e. The van der Waals surface area contributed by atoms with Crippen molar-refractivity contribution in [2.45, 2.75) is 19.9 Å². The molecule has 2 heterocycles. The zero-order chi connectivity index (χ0) is 13.1. The van der Waals surface area contributed by atoms with Gasteiger partial charge in [0.2, 0.25) is 0 Å². The standard InChI is InChI=1S/C12H15BrN4S/c1-3-10-11(14)15-7-16-12(10)17(2)5-9-4-8(13)6-18-9/h4,6-7H,3,5H2,1-2H3,(H2,14,15,16). The molecule has 0 bridgehead atoms. The van der Waals surface area contributed by atoms with E-state index in [1.54, 1.807) is 11.3 Å². The van der Waals surface area contributed by atoms with Crippen LogP contribution in [0.5, 0.6) is 0 Å². The molecule has 0 saturated carbocycles. The van der Waals surface area contributed by atoms with Crippen LogP contribution in [0.2, 0.25) is 0 Å². The van der Waals surface area contributed by atoms with E-state index in [1.165, 1.54) is 11.2 Å². The van der Waals surface area contributed by atoms with Gasteiger partial charge in [-0.25, -0.2) is 9.97 Å². The van der Waals surface area contributed by atoms with Crippen molar-refractivity contribution < 1.29 is 0 Å². The maximum atomic E-state index is 5.88. The summed E-state index contributed by atoms with van der Waals surface area (Å²) in [6.45, 7) is 2.88. The Hall–Kier alpha value is -1.14. The van der Waals surface area contributed by atoms with Crippen LogP contribution in [0.25, 0.3) is 0 Å². The minimum atomic E-state index is 0.571. The van der Waals surface area contributed by atoms with Crippen molar-refractivity contribution >= 4 is 38.9 Å².